The van der Waals surface area contributed by atoms with Gasteiger partial charge in [0, 0.05) is 18.3 Å². The predicted octanol–water partition coefficient (Wildman–Crippen LogP) is 2.73. The summed E-state index contributed by atoms with van der Waals surface area (Å²) in [5.74, 6) is -0.0136. The highest BCUT2D eigenvalue weighted by molar-refractivity contribution is 5.99. The summed E-state index contributed by atoms with van der Waals surface area (Å²) >= 11 is 0. The van der Waals surface area contributed by atoms with Crippen LogP contribution in [0.25, 0.3) is 0 Å². The van der Waals surface area contributed by atoms with E-state index in [1.54, 1.807) is 0 Å². The zero-order valence-corrected chi connectivity index (χ0v) is 11.8. The Bertz CT molecular complexity index is 705. The summed E-state index contributed by atoms with van der Waals surface area (Å²) in [7, 11) is 0. The molecule has 1 aliphatic rings. The summed E-state index contributed by atoms with van der Waals surface area (Å²) < 4.78 is 0. The number of amides is 2. The zero-order valence-electron chi connectivity index (χ0n) is 11.8. The molecule has 3 rings (SSSR count). The standard InChI is InChI=1S/C17H16N2O2/c1-11(20)18-15-5-2-12(3-6-15)8-13-4-7-16-14(9-13)10-17(21)19-16/h2-7,9H,8,10H2,1H3,(H,18,20)(H,19,21). The lowest BCUT2D eigenvalue weighted by atomic mass is 10.0. The van der Waals surface area contributed by atoms with Crippen molar-refractivity contribution in [3.63, 3.8) is 0 Å². The van der Waals surface area contributed by atoms with Gasteiger partial charge in [-0.3, -0.25) is 9.59 Å². The second-order valence-corrected chi connectivity index (χ2v) is 5.27. The fourth-order valence-electron chi connectivity index (χ4n) is 2.54. The molecule has 1 aliphatic heterocycles. The summed E-state index contributed by atoms with van der Waals surface area (Å²) in [5.41, 5.74) is 5.13. The number of carbonyl (C=O) groups excluding carboxylic acids is 2. The van der Waals surface area contributed by atoms with Gasteiger partial charge < -0.3 is 10.6 Å². The molecule has 2 aromatic carbocycles. The van der Waals surface area contributed by atoms with Crippen molar-refractivity contribution in [3.05, 3.63) is 59.2 Å². The number of benzene rings is 2. The van der Waals surface area contributed by atoms with Crippen molar-refractivity contribution in [2.45, 2.75) is 19.8 Å². The van der Waals surface area contributed by atoms with E-state index in [1.807, 2.05) is 36.4 Å². The lowest BCUT2D eigenvalue weighted by Gasteiger charge is -2.06. The first-order chi connectivity index (χ1) is 10.1. The van der Waals surface area contributed by atoms with E-state index in [2.05, 4.69) is 16.7 Å². The van der Waals surface area contributed by atoms with E-state index in [1.165, 1.54) is 18.1 Å². The van der Waals surface area contributed by atoms with E-state index in [4.69, 9.17) is 0 Å². The van der Waals surface area contributed by atoms with Crippen LogP contribution < -0.4 is 10.6 Å². The average Bonchev–Trinajstić information content (AvgIpc) is 2.80. The highest BCUT2D eigenvalue weighted by Crippen LogP contribution is 2.25. The molecule has 0 atom stereocenters. The lowest BCUT2D eigenvalue weighted by Crippen LogP contribution is -2.05. The molecular weight excluding hydrogens is 264 g/mol. The van der Waals surface area contributed by atoms with E-state index in [9.17, 15) is 9.59 Å². The molecule has 0 unspecified atom stereocenters. The van der Waals surface area contributed by atoms with Crippen LogP contribution in [0.15, 0.2) is 42.5 Å². The fraction of sp³-hybridized carbons (Fsp3) is 0.176. The van der Waals surface area contributed by atoms with Crippen LogP contribution in [0.2, 0.25) is 0 Å². The van der Waals surface area contributed by atoms with Crippen LogP contribution in [-0.4, -0.2) is 11.8 Å². The van der Waals surface area contributed by atoms with Crippen molar-refractivity contribution in [3.8, 4) is 0 Å². The number of nitrogens with one attached hydrogen (secondary N) is 2. The first-order valence-corrected chi connectivity index (χ1v) is 6.88. The normalized spacial score (nSPS) is 12.7. The van der Waals surface area contributed by atoms with Gasteiger partial charge in [-0.15, -0.1) is 0 Å². The second kappa shape index (κ2) is 5.40. The maximum absolute atomic E-state index is 11.3. The molecule has 21 heavy (non-hydrogen) atoms. The molecule has 0 saturated carbocycles. The van der Waals surface area contributed by atoms with Crippen molar-refractivity contribution >= 4 is 23.2 Å². The third-order valence-electron chi connectivity index (χ3n) is 3.48. The Morgan fingerprint density at radius 3 is 2.57 bits per heavy atom. The van der Waals surface area contributed by atoms with Gasteiger partial charge in [-0.2, -0.15) is 0 Å². The minimum Gasteiger partial charge on any atom is -0.326 e. The molecule has 106 valence electrons. The molecule has 2 amide bonds. The Kier molecular flexibility index (Phi) is 3.44. The molecule has 0 radical (unpaired) electrons. The van der Waals surface area contributed by atoms with Gasteiger partial charge in [-0.05, 0) is 41.3 Å². The van der Waals surface area contributed by atoms with Crippen LogP contribution in [0.4, 0.5) is 11.4 Å². The van der Waals surface area contributed by atoms with Crippen molar-refractivity contribution < 1.29 is 9.59 Å². The SMILES string of the molecule is CC(=O)Nc1ccc(Cc2ccc3c(c2)CC(=O)N3)cc1. The van der Waals surface area contributed by atoms with E-state index in [0.29, 0.717) is 6.42 Å². The quantitative estimate of drug-likeness (QED) is 0.908. The number of carbonyl (C=O) groups is 2. The van der Waals surface area contributed by atoms with Crippen molar-refractivity contribution in [1.29, 1.82) is 0 Å². The van der Waals surface area contributed by atoms with Gasteiger partial charge in [-0.25, -0.2) is 0 Å². The highest BCUT2D eigenvalue weighted by atomic mass is 16.2. The van der Waals surface area contributed by atoms with Gasteiger partial charge in [-0.1, -0.05) is 24.3 Å². The number of hydrogen-bond acceptors (Lipinski definition) is 2. The Morgan fingerprint density at radius 1 is 1.14 bits per heavy atom. The topological polar surface area (TPSA) is 58.2 Å². The lowest BCUT2D eigenvalue weighted by molar-refractivity contribution is -0.115. The maximum atomic E-state index is 11.3. The minimum atomic E-state index is -0.0708. The van der Waals surface area contributed by atoms with Gasteiger partial charge in [0.1, 0.15) is 0 Å². The molecule has 4 heteroatoms. The minimum absolute atomic E-state index is 0.0572. The number of hydrogen-bond donors (Lipinski definition) is 2. The smallest absolute Gasteiger partial charge is 0.228 e. The third kappa shape index (κ3) is 3.11. The van der Waals surface area contributed by atoms with E-state index < -0.39 is 0 Å². The Labute approximate surface area is 123 Å². The van der Waals surface area contributed by atoms with E-state index in [-0.39, 0.29) is 11.8 Å². The molecule has 1 heterocycles. The third-order valence-corrected chi connectivity index (χ3v) is 3.48. The summed E-state index contributed by atoms with van der Waals surface area (Å²) in [6.07, 6.45) is 1.27. The Hall–Kier alpha value is -2.62. The van der Waals surface area contributed by atoms with Crippen LogP contribution >= 0.6 is 0 Å². The van der Waals surface area contributed by atoms with E-state index in [0.717, 1.165) is 23.4 Å². The monoisotopic (exact) mass is 280 g/mol. The molecule has 2 aromatic rings. The molecule has 0 bridgehead atoms. The summed E-state index contributed by atoms with van der Waals surface area (Å²) in [4.78, 5) is 22.3. The molecule has 0 aliphatic carbocycles. The molecule has 2 N–H and O–H groups in total. The maximum Gasteiger partial charge on any atom is 0.228 e. The number of rotatable bonds is 3. The van der Waals surface area contributed by atoms with Crippen LogP contribution in [0.3, 0.4) is 0 Å². The van der Waals surface area contributed by atoms with Gasteiger partial charge in [0.15, 0.2) is 0 Å². The van der Waals surface area contributed by atoms with Gasteiger partial charge >= 0.3 is 0 Å². The Morgan fingerprint density at radius 2 is 1.86 bits per heavy atom. The molecule has 0 saturated heterocycles. The van der Waals surface area contributed by atoms with Crippen LogP contribution in [0.5, 0.6) is 0 Å². The van der Waals surface area contributed by atoms with Gasteiger partial charge in [0.25, 0.3) is 0 Å². The first kappa shape index (κ1) is 13.4. The largest absolute Gasteiger partial charge is 0.326 e. The molecule has 0 fully saturated rings. The molecule has 0 aromatic heterocycles. The number of anilines is 2. The van der Waals surface area contributed by atoms with Crippen molar-refractivity contribution in [2.75, 3.05) is 10.6 Å². The summed E-state index contributed by atoms with van der Waals surface area (Å²) in [6, 6.07) is 13.9. The fourth-order valence-corrected chi connectivity index (χ4v) is 2.54. The Balaban J connectivity index is 1.73. The van der Waals surface area contributed by atoms with Crippen molar-refractivity contribution in [1.82, 2.24) is 0 Å². The van der Waals surface area contributed by atoms with Crippen LogP contribution in [0.1, 0.15) is 23.6 Å². The second-order valence-electron chi connectivity index (χ2n) is 5.27. The van der Waals surface area contributed by atoms with Crippen LogP contribution in [-0.2, 0) is 22.4 Å². The van der Waals surface area contributed by atoms with Gasteiger partial charge in [0.2, 0.25) is 11.8 Å². The van der Waals surface area contributed by atoms with Crippen molar-refractivity contribution in [2.24, 2.45) is 0 Å². The summed E-state index contributed by atoms with van der Waals surface area (Å²) in [6.45, 7) is 1.49. The van der Waals surface area contributed by atoms with E-state index >= 15 is 0 Å². The molecule has 0 spiro atoms. The molecular formula is C17H16N2O2. The van der Waals surface area contributed by atoms with Crippen LogP contribution in [0, 0.1) is 0 Å². The molecule has 4 nitrogen and oxygen atoms in total. The first-order valence-electron chi connectivity index (χ1n) is 6.88. The zero-order chi connectivity index (χ0) is 14.8. The average molecular weight is 280 g/mol. The predicted molar refractivity (Wildman–Crippen MR) is 82.3 cm³/mol. The summed E-state index contributed by atoms with van der Waals surface area (Å²) in [5, 5.41) is 5.58. The van der Waals surface area contributed by atoms with Gasteiger partial charge in [0.05, 0.1) is 6.42 Å². The number of fused-ring (bicyclic) bond motifs is 1. The highest BCUT2D eigenvalue weighted by Gasteiger charge is 2.17.